The van der Waals surface area contributed by atoms with Gasteiger partial charge < -0.3 is 9.30 Å². The van der Waals surface area contributed by atoms with E-state index >= 15 is 0 Å². The third-order valence-electron chi connectivity index (χ3n) is 5.08. The SMILES string of the molecule is COc1ccccc1NS(=O)(=O)c1cccc(C(=O)NNC(=O)c2ccc(-n3cccc3)cc2)c1. The van der Waals surface area contributed by atoms with E-state index in [1.54, 1.807) is 48.5 Å². The molecule has 0 bridgehead atoms. The van der Waals surface area contributed by atoms with E-state index in [0.29, 0.717) is 11.3 Å². The van der Waals surface area contributed by atoms with E-state index in [-0.39, 0.29) is 16.1 Å². The van der Waals surface area contributed by atoms with Gasteiger partial charge in [0.15, 0.2) is 0 Å². The quantitative estimate of drug-likeness (QED) is 0.343. The van der Waals surface area contributed by atoms with Crippen molar-refractivity contribution in [2.45, 2.75) is 4.90 Å². The number of hydrazine groups is 1. The maximum Gasteiger partial charge on any atom is 0.269 e. The molecule has 9 nitrogen and oxygen atoms in total. The lowest BCUT2D eigenvalue weighted by molar-refractivity contribution is 0.0846. The van der Waals surface area contributed by atoms with Crippen LogP contribution in [-0.2, 0) is 10.0 Å². The summed E-state index contributed by atoms with van der Waals surface area (Å²) < 4.78 is 35.2. The third-order valence-corrected chi connectivity index (χ3v) is 6.44. The van der Waals surface area contributed by atoms with Crippen molar-refractivity contribution in [3.05, 3.63) is 108 Å². The Bertz CT molecular complexity index is 1450. The summed E-state index contributed by atoms with van der Waals surface area (Å²) in [6.45, 7) is 0. The zero-order chi connectivity index (χ0) is 24.8. The van der Waals surface area contributed by atoms with Crippen molar-refractivity contribution in [3.8, 4) is 11.4 Å². The van der Waals surface area contributed by atoms with Gasteiger partial charge in [0.05, 0.1) is 17.7 Å². The summed E-state index contributed by atoms with van der Waals surface area (Å²) in [5.74, 6) is -0.829. The summed E-state index contributed by atoms with van der Waals surface area (Å²) in [5.41, 5.74) is 6.19. The smallest absolute Gasteiger partial charge is 0.269 e. The Balaban J connectivity index is 1.42. The van der Waals surface area contributed by atoms with Crippen LogP contribution in [0.25, 0.3) is 5.69 Å². The van der Waals surface area contributed by atoms with Crippen LogP contribution in [0.3, 0.4) is 0 Å². The Morgan fingerprint density at radius 3 is 2.11 bits per heavy atom. The summed E-state index contributed by atoms with van der Waals surface area (Å²) in [7, 11) is -2.56. The van der Waals surface area contributed by atoms with Gasteiger partial charge in [-0.25, -0.2) is 8.42 Å². The summed E-state index contributed by atoms with van der Waals surface area (Å²) in [6.07, 6.45) is 3.77. The van der Waals surface area contributed by atoms with Crippen LogP contribution >= 0.6 is 0 Å². The highest BCUT2D eigenvalue weighted by Crippen LogP contribution is 2.26. The number of carbonyl (C=O) groups excluding carboxylic acids is 2. The van der Waals surface area contributed by atoms with Gasteiger partial charge in [-0.2, -0.15) is 0 Å². The maximum absolute atomic E-state index is 12.8. The number of amides is 2. The predicted molar refractivity (Wildman–Crippen MR) is 131 cm³/mol. The molecule has 0 aliphatic carbocycles. The Hall–Kier alpha value is -4.57. The molecule has 10 heteroatoms. The minimum atomic E-state index is -4.00. The molecule has 0 unspecified atom stereocenters. The largest absolute Gasteiger partial charge is 0.495 e. The molecule has 0 spiro atoms. The molecule has 1 heterocycles. The number of benzene rings is 3. The molecule has 1 aromatic heterocycles. The van der Waals surface area contributed by atoms with Crippen molar-refractivity contribution in [1.82, 2.24) is 15.4 Å². The number of sulfonamides is 1. The van der Waals surface area contributed by atoms with Crippen molar-refractivity contribution in [3.63, 3.8) is 0 Å². The van der Waals surface area contributed by atoms with Crippen LogP contribution in [0.2, 0.25) is 0 Å². The first-order valence-electron chi connectivity index (χ1n) is 10.5. The lowest BCUT2D eigenvalue weighted by Crippen LogP contribution is -2.41. The van der Waals surface area contributed by atoms with Crippen LogP contribution in [0.4, 0.5) is 5.69 Å². The predicted octanol–water partition coefficient (Wildman–Crippen LogP) is 3.36. The average Bonchev–Trinajstić information content (AvgIpc) is 3.42. The summed E-state index contributed by atoms with van der Waals surface area (Å²) in [5, 5.41) is 0. The van der Waals surface area contributed by atoms with E-state index in [1.165, 1.54) is 31.4 Å². The number of hydrogen-bond donors (Lipinski definition) is 3. The number of rotatable bonds is 7. The van der Waals surface area contributed by atoms with Crippen molar-refractivity contribution >= 4 is 27.5 Å². The summed E-state index contributed by atoms with van der Waals surface area (Å²) in [6, 6.07) is 22.6. The van der Waals surface area contributed by atoms with Crippen LogP contribution in [-0.4, -0.2) is 31.9 Å². The van der Waals surface area contributed by atoms with Gasteiger partial charge in [-0.3, -0.25) is 25.2 Å². The molecule has 0 radical (unpaired) electrons. The van der Waals surface area contributed by atoms with E-state index in [1.807, 2.05) is 29.1 Å². The molecular weight excluding hydrogens is 468 g/mol. The molecule has 4 aromatic rings. The van der Waals surface area contributed by atoms with Gasteiger partial charge in [-0.15, -0.1) is 0 Å². The monoisotopic (exact) mass is 490 g/mol. The first-order valence-corrected chi connectivity index (χ1v) is 12.0. The zero-order valence-electron chi connectivity index (χ0n) is 18.6. The third kappa shape index (κ3) is 5.50. The van der Waals surface area contributed by atoms with Crippen LogP contribution in [0.1, 0.15) is 20.7 Å². The molecule has 3 N–H and O–H groups in total. The lowest BCUT2D eigenvalue weighted by atomic mass is 10.2. The molecule has 0 saturated heterocycles. The Morgan fingerprint density at radius 1 is 0.771 bits per heavy atom. The Labute approximate surface area is 202 Å². The molecule has 2 amide bonds. The normalized spacial score (nSPS) is 10.9. The Kier molecular flexibility index (Phi) is 6.83. The van der Waals surface area contributed by atoms with Crippen LogP contribution in [0.15, 0.2) is 102 Å². The van der Waals surface area contributed by atoms with Gasteiger partial charge in [0.1, 0.15) is 5.75 Å². The Morgan fingerprint density at radius 2 is 1.43 bits per heavy atom. The summed E-state index contributed by atoms with van der Waals surface area (Å²) >= 11 is 0. The van der Waals surface area contributed by atoms with E-state index in [0.717, 1.165) is 5.69 Å². The first-order chi connectivity index (χ1) is 16.9. The molecule has 0 atom stereocenters. The van der Waals surface area contributed by atoms with Crippen LogP contribution in [0, 0.1) is 0 Å². The number of anilines is 1. The maximum atomic E-state index is 12.8. The second-order valence-electron chi connectivity index (χ2n) is 7.38. The number of ether oxygens (including phenoxy) is 1. The van der Waals surface area contributed by atoms with Crippen molar-refractivity contribution < 1.29 is 22.7 Å². The van der Waals surface area contributed by atoms with Gasteiger partial charge in [0, 0.05) is 29.2 Å². The van der Waals surface area contributed by atoms with Crippen molar-refractivity contribution in [1.29, 1.82) is 0 Å². The van der Waals surface area contributed by atoms with E-state index in [4.69, 9.17) is 4.74 Å². The highest BCUT2D eigenvalue weighted by molar-refractivity contribution is 7.92. The number of para-hydroxylation sites is 2. The number of nitrogens with one attached hydrogen (secondary N) is 3. The number of carbonyl (C=O) groups is 2. The van der Waals surface area contributed by atoms with Gasteiger partial charge in [-0.1, -0.05) is 18.2 Å². The summed E-state index contributed by atoms with van der Waals surface area (Å²) in [4.78, 5) is 24.9. The minimum absolute atomic E-state index is 0.0520. The van der Waals surface area contributed by atoms with Crippen LogP contribution in [0.5, 0.6) is 5.75 Å². The molecule has 4 rings (SSSR count). The minimum Gasteiger partial charge on any atom is -0.495 e. The molecular formula is C25H22N4O5S. The topological polar surface area (TPSA) is 119 Å². The van der Waals surface area contributed by atoms with Gasteiger partial charge in [0.25, 0.3) is 21.8 Å². The number of methoxy groups -OCH3 is 1. The van der Waals surface area contributed by atoms with Crippen molar-refractivity contribution in [2.75, 3.05) is 11.8 Å². The molecule has 0 fully saturated rings. The van der Waals surface area contributed by atoms with Gasteiger partial charge >= 0.3 is 0 Å². The molecule has 178 valence electrons. The van der Waals surface area contributed by atoms with E-state index < -0.39 is 21.8 Å². The second kappa shape index (κ2) is 10.1. The molecule has 0 aliphatic rings. The molecule has 3 aromatic carbocycles. The van der Waals surface area contributed by atoms with E-state index in [9.17, 15) is 18.0 Å². The fraction of sp³-hybridized carbons (Fsp3) is 0.0400. The van der Waals surface area contributed by atoms with Crippen molar-refractivity contribution in [2.24, 2.45) is 0 Å². The fourth-order valence-corrected chi connectivity index (χ4v) is 4.40. The molecule has 0 aliphatic heterocycles. The number of nitrogens with zero attached hydrogens (tertiary/aromatic N) is 1. The van der Waals surface area contributed by atoms with Gasteiger partial charge in [0.2, 0.25) is 0 Å². The second-order valence-corrected chi connectivity index (χ2v) is 9.06. The average molecular weight is 491 g/mol. The number of hydrogen-bond acceptors (Lipinski definition) is 5. The lowest BCUT2D eigenvalue weighted by Gasteiger charge is -2.12. The van der Waals surface area contributed by atoms with E-state index in [2.05, 4.69) is 15.6 Å². The molecule has 0 saturated carbocycles. The number of aromatic nitrogens is 1. The first kappa shape index (κ1) is 23.6. The zero-order valence-corrected chi connectivity index (χ0v) is 19.5. The highest BCUT2D eigenvalue weighted by atomic mass is 32.2. The van der Waals surface area contributed by atoms with Gasteiger partial charge in [-0.05, 0) is 66.7 Å². The highest BCUT2D eigenvalue weighted by Gasteiger charge is 2.18. The molecule has 35 heavy (non-hydrogen) atoms. The van der Waals surface area contributed by atoms with Crippen LogP contribution < -0.4 is 20.3 Å². The standard InChI is InChI=1S/C25H22N4O5S/c1-34-23-10-3-2-9-22(23)28-35(32,33)21-8-6-7-19(17-21)25(31)27-26-24(30)18-11-13-20(14-12-18)29-15-4-5-16-29/h2-17,28H,1H3,(H,26,30)(H,27,31). The fourth-order valence-electron chi connectivity index (χ4n) is 3.29.